The van der Waals surface area contributed by atoms with E-state index < -0.39 is 0 Å². The van der Waals surface area contributed by atoms with Crippen molar-refractivity contribution in [2.75, 3.05) is 52.5 Å². The molecule has 8 heteroatoms. The van der Waals surface area contributed by atoms with Crippen molar-refractivity contribution in [1.29, 1.82) is 0 Å². The van der Waals surface area contributed by atoms with Gasteiger partial charge in [0.2, 0.25) is 11.8 Å². The van der Waals surface area contributed by atoms with E-state index in [0.717, 1.165) is 71.0 Å². The Balaban J connectivity index is 1.34. The summed E-state index contributed by atoms with van der Waals surface area (Å²) in [7, 11) is 0. The number of carbonyl (C=O) groups excluding carboxylic acids is 2. The second-order valence-corrected chi connectivity index (χ2v) is 7.92. The zero-order valence-electron chi connectivity index (χ0n) is 17.6. The van der Waals surface area contributed by atoms with Crippen LogP contribution >= 0.6 is 0 Å². The van der Waals surface area contributed by atoms with E-state index in [9.17, 15) is 9.59 Å². The minimum Gasteiger partial charge on any atom is -0.379 e. The maximum Gasteiger partial charge on any atom is 0.224 e. The summed E-state index contributed by atoms with van der Waals surface area (Å²) in [5.41, 5.74) is 0. The molecule has 1 unspecified atom stereocenters. The fourth-order valence-corrected chi connectivity index (χ4v) is 4.12. The van der Waals surface area contributed by atoms with Gasteiger partial charge in [-0.2, -0.15) is 0 Å². The van der Waals surface area contributed by atoms with Gasteiger partial charge in [-0.1, -0.05) is 6.92 Å². The molecule has 0 spiro atoms. The first-order valence-corrected chi connectivity index (χ1v) is 11.0. The number of hydrogen-bond donors (Lipinski definition) is 1. The maximum atomic E-state index is 12.6. The Hall–Kier alpha value is -1.93. The highest BCUT2D eigenvalue weighted by Gasteiger charge is 2.29. The number of piperidine rings is 1. The first-order valence-electron chi connectivity index (χ1n) is 11.0. The van der Waals surface area contributed by atoms with E-state index in [1.54, 1.807) is 0 Å². The minimum absolute atomic E-state index is 0.0806. The van der Waals surface area contributed by atoms with E-state index >= 15 is 0 Å². The molecule has 0 saturated carbocycles. The van der Waals surface area contributed by atoms with Gasteiger partial charge in [0, 0.05) is 71.0 Å². The molecular weight excluding hydrogens is 370 g/mol. The number of rotatable bonds is 10. The Labute approximate surface area is 173 Å². The quantitative estimate of drug-likeness (QED) is 0.586. The van der Waals surface area contributed by atoms with Crippen molar-refractivity contribution in [3.63, 3.8) is 0 Å². The summed E-state index contributed by atoms with van der Waals surface area (Å²) in [6, 6.07) is 0. The summed E-state index contributed by atoms with van der Waals surface area (Å²) in [6.45, 7) is 9.42. The van der Waals surface area contributed by atoms with Crippen LogP contribution in [0.5, 0.6) is 0 Å². The van der Waals surface area contributed by atoms with Gasteiger partial charge in [0.1, 0.15) is 5.82 Å². The Kier molecular flexibility index (Phi) is 8.49. The van der Waals surface area contributed by atoms with Crippen molar-refractivity contribution in [2.24, 2.45) is 5.92 Å². The molecule has 3 rings (SSSR count). The zero-order chi connectivity index (χ0) is 20.5. The molecule has 1 N–H and O–H groups in total. The molecule has 0 radical (unpaired) electrons. The summed E-state index contributed by atoms with van der Waals surface area (Å²) in [5.74, 6) is 1.26. The Morgan fingerprint density at radius 2 is 2.07 bits per heavy atom. The number of ether oxygens (including phenoxy) is 1. The van der Waals surface area contributed by atoms with Gasteiger partial charge in [0.25, 0.3) is 0 Å². The first kappa shape index (κ1) is 21.8. The van der Waals surface area contributed by atoms with Gasteiger partial charge in [-0.05, 0) is 19.3 Å². The number of imidazole rings is 1. The van der Waals surface area contributed by atoms with Crippen molar-refractivity contribution < 1.29 is 14.3 Å². The predicted molar refractivity (Wildman–Crippen MR) is 110 cm³/mol. The number of nitrogens with one attached hydrogen (secondary N) is 1. The molecule has 2 saturated heterocycles. The number of aromatic nitrogens is 2. The van der Waals surface area contributed by atoms with E-state index in [1.165, 1.54) is 0 Å². The minimum atomic E-state index is -0.0875. The van der Waals surface area contributed by atoms with Crippen LogP contribution in [-0.2, 0) is 27.3 Å². The molecule has 2 amide bonds. The third kappa shape index (κ3) is 6.54. The lowest BCUT2D eigenvalue weighted by atomic mass is 9.96. The van der Waals surface area contributed by atoms with Gasteiger partial charge in [-0.25, -0.2) is 4.98 Å². The van der Waals surface area contributed by atoms with Gasteiger partial charge in [-0.3, -0.25) is 14.5 Å². The lowest BCUT2D eigenvalue weighted by Gasteiger charge is -2.33. The Bertz CT molecular complexity index is 656. The van der Waals surface area contributed by atoms with Gasteiger partial charge in [0.15, 0.2) is 0 Å². The molecule has 2 fully saturated rings. The summed E-state index contributed by atoms with van der Waals surface area (Å²) in [4.78, 5) is 33.4. The molecule has 1 aromatic rings. The van der Waals surface area contributed by atoms with E-state index in [1.807, 2.05) is 17.3 Å². The van der Waals surface area contributed by atoms with Crippen LogP contribution in [0.15, 0.2) is 12.4 Å². The van der Waals surface area contributed by atoms with Crippen LogP contribution < -0.4 is 5.32 Å². The largest absolute Gasteiger partial charge is 0.379 e. The van der Waals surface area contributed by atoms with Gasteiger partial charge < -0.3 is 19.5 Å². The molecule has 0 aliphatic carbocycles. The van der Waals surface area contributed by atoms with Crippen LogP contribution in [0.25, 0.3) is 0 Å². The first-order chi connectivity index (χ1) is 14.2. The maximum absolute atomic E-state index is 12.6. The average Bonchev–Trinajstić information content (AvgIpc) is 3.20. The normalized spacial score (nSPS) is 20.8. The number of morpholine rings is 1. The Morgan fingerprint density at radius 3 is 2.86 bits per heavy atom. The van der Waals surface area contributed by atoms with Gasteiger partial charge in [0.05, 0.1) is 19.1 Å². The second-order valence-electron chi connectivity index (χ2n) is 7.92. The Morgan fingerprint density at radius 1 is 1.24 bits per heavy atom. The molecule has 0 bridgehead atoms. The lowest BCUT2D eigenvalue weighted by molar-refractivity contribution is -0.138. The molecule has 0 aromatic carbocycles. The van der Waals surface area contributed by atoms with Crippen molar-refractivity contribution in [1.82, 2.24) is 24.7 Å². The molecule has 8 nitrogen and oxygen atoms in total. The third-order valence-electron chi connectivity index (χ3n) is 5.87. The van der Waals surface area contributed by atoms with Crippen molar-refractivity contribution in [3.05, 3.63) is 18.2 Å². The smallest absolute Gasteiger partial charge is 0.224 e. The SMILES string of the molecule is CCc1nccn1CCCNC(=O)C1CCC(=O)N(CCCN2CCOCC2)C1. The molecule has 1 atom stereocenters. The van der Waals surface area contributed by atoms with Crippen molar-refractivity contribution >= 4 is 11.8 Å². The van der Waals surface area contributed by atoms with Crippen LogP contribution in [0, 0.1) is 5.92 Å². The predicted octanol–water partition coefficient (Wildman–Crippen LogP) is 0.913. The molecule has 3 heterocycles. The molecule has 162 valence electrons. The van der Waals surface area contributed by atoms with Crippen LogP contribution in [0.3, 0.4) is 0 Å². The van der Waals surface area contributed by atoms with Crippen molar-refractivity contribution in [3.8, 4) is 0 Å². The summed E-state index contributed by atoms with van der Waals surface area (Å²) in [5, 5.41) is 3.06. The van der Waals surface area contributed by atoms with E-state index in [4.69, 9.17) is 4.74 Å². The zero-order valence-corrected chi connectivity index (χ0v) is 17.6. The summed E-state index contributed by atoms with van der Waals surface area (Å²) < 4.78 is 7.51. The second kappa shape index (κ2) is 11.3. The van der Waals surface area contributed by atoms with E-state index in [-0.39, 0.29) is 17.7 Å². The van der Waals surface area contributed by atoms with Crippen LogP contribution in [0.1, 0.15) is 38.4 Å². The number of nitrogens with zero attached hydrogens (tertiary/aromatic N) is 4. The van der Waals surface area contributed by atoms with Gasteiger partial charge >= 0.3 is 0 Å². The van der Waals surface area contributed by atoms with Crippen LogP contribution in [0.4, 0.5) is 0 Å². The average molecular weight is 406 g/mol. The van der Waals surface area contributed by atoms with Crippen LogP contribution in [0.2, 0.25) is 0 Å². The monoisotopic (exact) mass is 405 g/mol. The number of hydrogen-bond acceptors (Lipinski definition) is 5. The lowest BCUT2D eigenvalue weighted by Crippen LogP contribution is -2.47. The molecule has 29 heavy (non-hydrogen) atoms. The molecule has 2 aliphatic rings. The van der Waals surface area contributed by atoms with Crippen LogP contribution in [-0.4, -0.2) is 83.6 Å². The standard InChI is InChI=1S/C21H35N5O3/c1-2-19-22-8-12-25(19)10-3-7-23-21(28)18-5-6-20(27)26(17-18)11-4-9-24-13-15-29-16-14-24/h8,12,18H,2-7,9-11,13-17H2,1H3,(H,23,28). The van der Waals surface area contributed by atoms with E-state index in [2.05, 4.69) is 26.7 Å². The molecule has 2 aliphatic heterocycles. The number of likely N-dealkylation sites (tertiary alicyclic amines) is 1. The highest BCUT2D eigenvalue weighted by atomic mass is 16.5. The summed E-state index contributed by atoms with van der Waals surface area (Å²) in [6.07, 6.45) is 7.69. The number of carbonyl (C=O) groups is 2. The number of amides is 2. The fraction of sp³-hybridized carbons (Fsp3) is 0.762. The molecule has 1 aromatic heterocycles. The van der Waals surface area contributed by atoms with Crippen molar-refractivity contribution in [2.45, 2.75) is 45.6 Å². The highest BCUT2D eigenvalue weighted by molar-refractivity contribution is 5.83. The topological polar surface area (TPSA) is 79.7 Å². The fourth-order valence-electron chi connectivity index (χ4n) is 4.12. The van der Waals surface area contributed by atoms with Gasteiger partial charge in [-0.15, -0.1) is 0 Å². The van der Waals surface area contributed by atoms with E-state index in [0.29, 0.717) is 25.9 Å². The third-order valence-corrected chi connectivity index (χ3v) is 5.87. The number of aryl methyl sites for hydroxylation is 2. The highest BCUT2D eigenvalue weighted by Crippen LogP contribution is 2.18. The molecular formula is C21H35N5O3. The summed E-state index contributed by atoms with van der Waals surface area (Å²) >= 11 is 0.